The van der Waals surface area contributed by atoms with Crippen molar-refractivity contribution in [3.63, 3.8) is 0 Å². The van der Waals surface area contributed by atoms with Gasteiger partial charge in [-0.25, -0.2) is 5.43 Å². The molecule has 0 aliphatic rings. The zero-order valence-electron chi connectivity index (χ0n) is 18.0. The second-order valence-electron chi connectivity index (χ2n) is 7.34. The molecule has 8 nitrogen and oxygen atoms in total. The van der Waals surface area contributed by atoms with Gasteiger partial charge in [0.15, 0.2) is 0 Å². The molecule has 1 amide bonds. The topological polar surface area (TPSA) is 117 Å². The predicted octanol–water partition coefficient (Wildman–Crippen LogP) is 3.34. The van der Waals surface area contributed by atoms with Crippen molar-refractivity contribution < 1.29 is 19.6 Å². The van der Waals surface area contributed by atoms with Crippen molar-refractivity contribution in [3.05, 3.63) is 82.9 Å². The van der Waals surface area contributed by atoms with Gasteiger partial charge in [-0.1, -0.05) is 47.2 Å². The van der Waals surface area contributed by atoms with Gasteiger partial charge in [0, 0.05) is 5.02 Å². The Morgan fingerprint density at radius 1 is 1.21 bits per heavy atom. The first-order valence-corrected chi connectivity index (χ1v) is 11.6. The van der Waals surface area contributed by atoms with Crippen molar-refractivity contribution in [3.8, 4) is 28.6 Å². The molecule has 0 unspecified atom stereocenters. The monoisotopic (exact) mass is 493 g/mol. The third kappa shape index (κ3) is 5.56. The predicted molar refractivity (Wildman–Crippen MR) is 129 cm³/mol. The normalized spacial score (nSPS) is 11.1. The lowest BCUT2D eigenvalue weighted by Gasteiger charge is -2.07. The van der Waals surface area contributed by atoms with Crippen LogP contribution in [0.15, 0.2) is 77.0 Å². The number of rotatable bonds is 7. The van der Waals surface area contributed by atoms with E-state index in [1.54, 1.807) is 12.1 Å². The summed E-state index contributed by atoms with van der Waals surface area (Å²) in [6.45, 7) is 2.02. The molecular formula is C24H20ClN5O3S. The summed E-state index contributed by atoms with van der Waals surface area (Å²) >= 11 is 7.31. The Morgan fingerprint density at radius 2 is 1.94 bits per heavy atom. The molecular weight excluding hydrogens is 474 g/mol. The summed E-state index contributed by atoms with van der Waals surface area (Å²) in [5, 5.41) is 33.3. The molecule has 0 atom stereocenters. The van der Waals surface area contributed by atoms with Gasteiger partial charge in [0.1, 0.15) is 11.4 Å². The number of hydrogen-bond acceptors (Lipinski definition) is 6. The van der Waals surface area contributed by atoms with Gasteiger partial charge in [-0.05, 0) is 66.7 Å². The number of nitrogens with one attached hydrogen (secondary N) is 2. The zero-order chi connectivity index (χ0) is 24.1. The highest BCUT2D eigenvalue weighted by molar-refractivity contribution is 7.99. The molecule has 1 heterocycles. The highest BCUT2D eigenvalue weighted by Crippen LogP contribution is 2.22. The number of aromatic nitrogens is 3. The van der Waals surface area contributed by atoms with Crippen LogP contribution in [0, 0.1) is 6.92 Å². The first kappa shape index (κ1) is 23.3. The third-order valence-electron chi connectivity index (χ3n) is 4.80. The smallest absolute Gasteiger partial charge is 0.342 e. The fourth-order valence-electron chi connectivity index (χ4n) is 3.08. The van der Waals surface area contributed by atoms with Gasteiger partial charge in [-0.3, -0.25) is 4.79 Å². The molecule has 0 aliphatic carbocycles. The minimum Gasteiger partial charge on any atom is -0.870 e. The Kier molecular flexibility index (Phi) is 7.15. The fraction of sp³-hybridized carbons (Fsp3) is 0.0833. The van der Waals surface area contributed by atoms with Crippen molar-refractivity contribution in [2.24, 2.45) is 5.10 Å². The number of phenols is 1. The molecule has 34 heavy (non-hydrogen) atoms. The summed E-state index contributed by atoms with van der Waals surface area (Å²) in [5.74, 6) is -0.358. The Labute approximate surface area is 204 Å². The third-order valence-corrected chi connectivity index (χ3v) is 5.99. The summed E-state index contributed by atoms with van der Waals surface area (Å²) in [7, 11) is 0. The molecule has 0 aliphatic heterocycles. The molecule has 0 radical (unpaired) electrons. The van der Waals surface area contributed by atoms with Gasteiger partial charge in [0.2, 0.25) is 0 Å². The summed E-state index contributed by atoms with van der Waals surface area (Å²) in [5.41, 5.74) is 5.85. The highest BCUT2D eigenvalue weighted by atomic mass is 35.5. The summed E-state index contributed by atoms with van der Waals surface area (Å²) in [6.07, 6.45) is 1.35. The number of benzene rings is 3. The van der Waals surface area contributed by atoms with Gasteiger partial charge < -0.3 is 10.2 Å². The second kappa shape index (κ2) is 10.4. The molecule has 1 aromatic heterocycles. The SMILES string of the molecule is Cc1ccc(-c2[nH]nc(SCC(=O)NN=Cc3ccc([O-])c(O)c3)[n+]2-c2ccc(Cl)cc2)cc1. The molecule has 0 bridgehead atoms. The number of hydrazone groups is 1. The first-order chi connectivity index (χ1) is 16.4. The minimum absolute atomic E-state index is 0.0634. The van der Waals surface area contributed by atoms with E-state index in [0.29, 0.717) is 15.7 Å². The largest absolute Gasteiger partial charge is 0.870 e. The summed E-state index contributed by atoms with van der Waals surface area (Å²) in [6, 6.07) is 19.4. The number of H-pyrrole nitrogens is 1. The lowest BCUT2D eigenvalue weighted by atomic mass is 10.1. The van der Waals surface area contributed by atoms with Crippen molar-refractivity contribution in [1.29, 1.82) is 0 Å². The van der Waals surface area contributed by atoms with Gasteiger partial charge >= 0.3 is 5.16 Å². The van der Waals surface area contributed by atoms with Crippen LogP contribution in [0.4, 0.5) is 0 Å². The molecule has 4 aromatic rings. The molecule has 0 saturated carbocycles. The number of hydrogen-bond donors (Lipinski definition) is 3. The van der Waals surface area contributed by atoms with Gasteiger partial charge in [-0.15, -0.1) is 5.10 Å². The van der Waals surface area contributed by atoms with Crippen LogP contribution in [-0.2, 0) is 4.79 Å². The number of halogens is 1. The Morgan fingerprint density at radius 3 is 2.65 bits per heavy atom. The van der Waals surface area contributed by atoms with Crippen LogP contribution in [0.5, 0.6) is 11.5 Å². The minimum atomic E-state index is -0.476. The number of amides is 1. The van der Waals surface area contributed by atoms with Crippen molar-refractivity contribution >= 4 is 35.5 Å². The number of aryl methyl sites for hydroxylation is 1. The van der Waals surface area contributed by atoms with E-state index in [4.69, 9.17) is 11.6 Å². The maximum Gasteiger partial charge on any atom is 0.342 e. The van der Waals surface area contributed by atoms with Gasteiger partial charge in [0.05, 0.1) is 22.6 Å². The van der Waals surface area contributed by atoms with Crippen LogP contribution >= 0.6 is 23.4 Å². The molecule has 0 fully saturated rings. The molecule has 3 aromatic carbocycles. The number of nitrogens with zero attached hydrogens (tertiary/aromatic N) is 3. The van der Waals surface area contributed by atoms with E-state index in [9.17, 15) is 15.0 Å². The van der Waals surface area contributed by atoms with Crippen LogP contribution in [0.2, 0.25) is 5.02 Å². The first-order valence-electron chi connectivity index (χ1n) is 10.2. The standard InChI is InChI=1S/C24H20ClN5O3S/c1-15-2-5-17(6-3-15)23-28-29-24(30(23)19-9-7-18(25)8-10-19)34-14-22(33)27-26-13-16-4-11-20(31)21(32)12-16/h2-13H,14H2,1H3,(H3,26,27,31,32,33). The van der Waals surface area contributed by atoms with E-state index in [-0.39, 0.29) is 17.4 Å². The Bertz CT molecular complexity index is 1340. The number of aromatic amines is 1. The van der Waals surface area contributed by atoms with Crippen LogP contribution in [0.25, 0.3) is 17.1 Å². The Balaban J connectivity index is 1.50. The van der Waals surface area contributed by atoms with Crippen LogP contribution < -0.4 is 15.1 Å². The quantitative estimate of drug-likeness (QED) is 0.158. The van der Waals surface area contributed by atoms with E-state index >= 15 is 0 Å². The van der Waals surface area contributed by atoms with Crippen LogP contribution in [0.1, 0.15) is 11.1 Å². The van der Waals surface area contributed by atoms with Gasteiger partial charge in [0.25, 0.3) is 11.7 Å². The van der Waals surface area contributed by atoms with Crippen LogP contribution in [0.3, 0.4) is 0 Å². The van der Waals surface area contributed by atoms with E-state index in [1.807, 2.05) is 47.9 Å². The lowest BCUT2D eigenvalue weighted by Crippen LogP contribution is -2.34. The molecule has 10 heteroatoms. The molecule has 4 rings (SSSR count). The van der Waals surface area contributed by atoms with Gasteiger partial charge in [-0.2, -0.15) is 9.67 Å². The number of aromatic hydroxyl groups is 1. The summed E-state index contributed by atoms with van der Waals surface area (Å²) in [4.78, 5) is 12.3. The number of phenolic OH excluding ortho intramolecular Hbond substituents is 1. The number of carbonyl (C=O) groups excluding carboxylic acids is 1. The average molecular weight is 494 g/mol. The van der Waals surface area contributed by atoms with E-state index in [2.05, 4.69) is 20.7 Å². The van der Waals surface area contributed by atoms with E-state index in [0.717, 1.165) is 22.6 Å². The van der Waals surface area contributed by atoms with E-state index in [1.165, 1.54) is 36.2 Å². The molecule has 0 spiro atoms. The summed E-state index contributed by atoms with van der Waals surface area (Å²) < 4.78 is 1.93. The van der Waals surface area contributed by atoms with Crippen molar-refractivity contribution in [2.45, 2.75) is 12.1 Å². The molecule has 3 N–H and O–H groups in total. The average Bonchev–Trinajstić information content (AvgIpc) is 3.25. The molecule has 0 saturated heterocycles. The number of carbonyl (C=O) groups is 1. The Hall–Kier alpha value is -3.82. The maximum atomic E-state index is 12.3. The van der Waals surface area contributed by atoms with E-state index < -0.39 is 5.75 Å². The second-order valence-corrected chi connectivity index (χ2v) is 8.72. The maximum absolute atomic E-state index is 12.3. The van der Waals surface area contributed by atoms with Crippen LogP contribution in [-0.4, -0.2) is 33.2 Å². The molecule has 172 valence electrons. The highest BCUT2D eigenvalue weighted by Gasteiger charge is 2.24. The zero-order valence-corrected chi connectivity index (χ0v) is 19.6. The number of thioether (sulfide) groups is 1. The lowest BCUT2D eigenvalue weighted by molar-refractivity contribution is -0.625. The van der Waals surface area contributed by atoms with Crippen molar-refractivity contribution in [1.82, 2.24) is 15.6 Å². The fourth-order valence-corrected chi connectivity index (χ4v) is 3.97. The van der Waals surface area contributed by atoms with Crippen molar-refractivity contribution in [2.75, 3.05) is 5.75 Å².